The van der Waals surface area contributed by atoms with Crippen LogP contribution in [0.1, 0.15) is 36.1 Å². The minimum Gasteiger partial charge on any atom is -0.403 e. The van der Waals surface area contributed by atoms with Crippen molar-refractivity contribution in [3.63, 3.8) is 0 Å². The van der Waals surface area contributed by atoms with Gasteiger partial charge in [-0.05, 0) is 36.1 Å². The second-order valence-electron chi connectivity index (χ2n) is 9.72. The lowest BCUT2D eigenvalue weighted by atomic mass is 10.1. The number of non-ortho nitro benzene ring substituents is 2. The Morgan fingerprint density at radius 1 is 0.659 bits per heavy atom. The Morgan fingerprint density at radius 2 is 1.05 bits per heavy atom. The largest absolute Gasteiger partial charge is 0.403 e. The zero-order valence-corrected chi connectivity index (χ0v) is 23.3. The minimum absolute atomic E-state index is 0.00690. The standard InChI is InChI=1S/C32H22N4O8/c1-19(15-27-33-29(31(37)43-27)23-5-3-7-25(17-23)35(39)40)13-21-9-11-22(12-10-21)14-20(2)16-28-34-30(32(38)44-28)24-6-4-8-26(18-24)36(41)42/h3-18H,1-2H3/b19-13+,20-14+,27-15-,28-16-. The number of nitro groups is 2. The number of cyclic esters (lactones) is 2. The first-order valence-corrected chi connectivity index (χ1v) is 13.1. The quantitative estimate of drug-likeness (QED) is 0.173. The number of esters is 2. The van der Waals surface area contributed by atoms with Gasteiger partial charge >= 0.3 is 11.9 Å². The molecular formula is C32H22N4O8. The van der Waals surface area contributed by atoms with Crippen LogP contribution in [-0.2, 0) is 19.1 Å². The summed E-state index contributed by atoms with van der Waals surface area (Å²) >= 11 is 0. The number of benzene rings is 3. The summed E-state index contributed by atoms with van der Waals surface area (Å²) < 4.78 is 10.5. The Morgan fingerprint density at radius 3 is 1.41 bits per heavy atom. The van der Waals surface area contributed by atoms with Gasteiger partial charge in [0.2, 0.25) is 11.8 Å². The molecule has 0 radical (unpaired) electrons. The van der Waals surface area contributed by atoms with Crippen LogP contribution in [0.2, 0.25) is 0 Å². The molecule has 3 aromatic rings. The fraction of sp³-hybridized carbons (Fsp3) is 0.0625. The number of carbonyl (C=O) groups excluding carboxylic acids is 2. The fourth-order valence-corrected chi connectivity index (χ4v) is 4.35. The van der Waals surface area contributed by atoms with Crippen molar-refractivity contribution in [2.75, 3.05) is 0 Å². The molecule has 5 rings (SSSR count). The van der Waals surface area contributed by atoms with E-state index in [1.54, 1.807) is 24.3 Å². The molecule has 0 saturated carbocycles. The number of aliphatic imine (C=N–C) groups is 2. The normalized spacial score (nSPS) is 17.0. The molecule has 0 aliphatic carbocycles. The van der Waals surface area contributed by atoms with Gasteiger partial charge in [-0.3, -0.25) is 20.2 Å². The molecule has 12 nitrogen and oxygen atoms in total. The number of allylic oxidation sites excluding steroid dienone is 4. The summed E-state index contributed by atoms with van der Waals surface area (Å²) in [5, 5.41) is 22.1. The van der Waals surface area contributed by atoms with Crippen LogP contribution < -0.4 is 0 Å². The molecule has 2 aliphatic rings. The molecule has 0 N–H and O–H groups in total. The number of nitro benzene ring substituents is 2. The molecule has 3 aromatic carbocycles. The summed E-state index contributed by atoms with van der Waals surface area (Å²) in [4.78, 5) is 54.1. The number of hydrogen-bond donors (Lipinski definition) is 0. The van der Waals surface area contributed by atoms with E-state index in [-0.39, 0.29) is 34.6 Å². The molecule has 2 aliphatic heterocycles. The number of rotatable bonds is 8. The van der Waals surface area contributed by atoms with Crippen LogP contribution in [0.3, 0.4) is 0 Å². The summed E-state index contributed by atoms with van der Waals surface area (Å²) in [5.41, 5.74) is 3.52. The number of nitrogens with zero attached hydrogens (tertiary/aromatic N) is 4. The molecule has 2 heterocycles. The summed E-state index contributed by atoms with van der Waals surface area (Å²) in [5.74, 6) is -1.22. The highest BCUT2D eigenvalue weighted by atomic mass is 16.6. The van der Waals surface area contributed by atoms with Gasteiger partial charge < -0.3 is 9.47 Å². The van der Waals surface area contributed by atoms with Crippen molar-refractivity contribution >= 4 is 46.9 Å². The maximum atomic E-state index is 12.3. The predicted octanol–water partition coefficient (Wildman–Crippen LogP) is 6.08. The van der Waals surface area contributed by atoms with Gasteiger partial charge in [-0.25, -0.2) is 19.6 Å². The van der Waals surface area contributed by atoms with Gasteiger partial charge in [0.1, 0.15) is 0 Å². The Labute approximate surface area is 250 Å². The summed E-state index contributed by atoms with van der Waals surface area (Å²) in [6.07, 6.45) is 6.92. The maximum absolute atomic E-state index is 12.3. The minimum atomic E-state index is -0.690. The van der Waals surface area contributed by atoms with E-state index < -0.39 is 21.8 Å². The first kappa shape index (κ1) is 29.2. The van der Waals surface area contributed by atoms with E-state index in [1.807, 2.05) is 50.3 Å². The zero-order valence-electron chi connectivity index (χ0n) is 23.3. The number of carbonyl (C=O) groups is 2. The van der Waals surface area contributed by atoms with E-state index in [0.29, 0.717) is 11.1 Å². The smallest absolute Gasteiger partial charge is 0.364 e. The summed E-state index contributed by atoms with van der Waals surface area (Å²) in [6.45, 7) is 3.63. The average molecular weight is 591 g/mol. The van der Waals surface area contributed by atoms with E-state index in [4.69, 9.17) is 9.47 Å². The Balaban J connectivity index is 1.28. The molecule has 0 amide bonds. The molecular weight excluding hydrogens is 568 g/mol. The zero-order chi connectivity index (χ0) is 31.4. The van der Waals surface area contributed by atoms with Crippen LogP contribution in [0.5, 0.6) is 0 Å². The van der Waals surface area contributed by atoms with E-state index in [2.05, 4.69) is 9.98 Å². The van der Waals surface area contributed by atoms with Gasteiger partial charge in [-0.1, -0.05) is 60.7 Å². The van der Waals surface area contributed by atoms with Gasteiger partial charge in [0.25, 0.3) is 11.4 Å². The van der Waals surface area contributed by atoms with Crippen molar-refractivity contribution in [2.45, 2.75) is 13.8 Å². The SMILES string of the molecule is CC(/C=C1/N=C(c2cccc([N+](=O)[O-])c2)C(=O)O1)=C\c1ccc(/C=C(C)/C=C2/N=C(c3cccc([N+](=O)[O-])c3)C(=O)O2)cc1. The second kappa shape index (κ2) is 12.3. The highest BCUT2D eigenvalue weighted by molar-refractivity contribution is 6.45. The Kier molecular flexibility index (Phi) is 8.15. The third-order valence-corrected chi connectivity index (χ3v) is 6.31. The molecule has 0 unspecified atom stereocenters. The fourth-order valence-electron chi connectivity index (χ4n) is 4.35. The summed E-state index contributed by atoms with van der Waals surface area (Å²) in [6, 6.07) is 18.8. The highest BCUT2D eigenvalue weighted by Gasteiger charge is 2.27. The van der Waals surface area contributed by atoms with E-state index in [1.165, 1.54) is 36.4 Å². The highest BCUT2D eigenvalue weighted by Crippen LogP contribution is 2.23. The monoisotopic (exact) mass is 590 g/mol. The van der Waals surface area contributed by atoms with E-state index >= 15 is 0 Å². The molecule has 0 bridgehead atoms. The lowest BCUT2D eigenvalue weighted by molar-refractivity contribution is -0.385. The molecule has 0 fully saturated rings. The van der Waals surface area contributed by atoms with Crippen molar-refractivity contribution in [1.82, 2.24) is 0 Å². The van der Waals surface area contributed by atoms with E-state index in [9.17, 15) is 29.8 Å². The molecule has 44 heavy (non-hydrogen) atoms. The molecule has 0 saturated heterocycles. The van der Waals surface area contributed by atoms with Gasteiger partial charge in [-0.2, -0.15) is 0 Å². The van der Waals surface area contributed by atoms with Crippen LogP contribution in [0.15, 0.2) is 118 Å². The lowest BCUT2D eigenvalue weighted by Crippen LogP contribution is -2.11. The second-order valence-corrected chi connectivity index (χ2v) is 9.72. The van der Waals surface area contributed by atoms with Gasteiger partial charge in [0, 0.05) is 47.5 Å². The number of hydrogen-bond acceptors (Lipinski definition) is 10. The van der Waals surface area contributed by atoms with Crippen molar-refractivity contribution in [3.8, 4) is 0 Å². The molecule has 0 aromatic heterocycles. The molecule has 0 atom stereocenters. The lowest BCUT2D eigenvalue weighted by Gasteiger charge is -2.00. The third kappa shape index (κ3) is 6.77. The molecule has 12 heteroatoms. The summed E-state index contributed by atoms with van der Waals surface area (Å²) in [7, 11) is 0. The van der Waals surface area contributed by atoms with Gasteiger partial charge in [0.15, 0.2) is 11.4 Å². The van der Waals surface area contributed by atoms with Crippen LogP contribution in [-0.4, -0.2) is 33.2 Å². The van der Waals surface area contributed by atoms with Crippen molar-refractivity contribution in [3.05, 3.63) is 150 Å². The van der Waals surface area contributed by atoms with Crippen molar-refractivity contribution in [1.29, 1.82) is 0 Å². The van der Waals surface area contributed by atoms with Crippen LogP contribution in [0.25, 0.3) is 12.2 Å². The van der Waals surface area contributed by atoms with Crippen LogP contribution in [0, 0.1) is 20.2 Å². The third-order valence-electron chi connectivity index (χ3n) is 6.31. The van der Waals surface area contributed by atoms with Gasteiger partial charge in [-0.15, -0.1) is 0 Å². The van der Waals surface area contributed by atoms with E-state index in [0.717, 1.165) is 22.3 Å². The average Bonchev–Trinajstić information content (AvgIpc) is 3.54. The van der Waals surface area contributed by atoms with Crippen LogP contribution in [0.4, 0.5) is 11.4 Å². The molecule has 0 spiro atoms. The topological polar surface area (TPSA) is 164 Å². The Hall–Kier alpha value is -6.30. The maximum Gasteiger partial charge on any atom is 0.364 e. The van der Waals surface area contributed by atoms with Gasteiger partial charge in [0.05, 0.1) is 9.85 Å². The molecule has 218 valence electrons. The number of ether oxygens (including phenoxy) is 2. The van der Waals surface area contributed by atoms with Crippen molar-refractivity contribution in [2.24, 2.45) is 9.98 Å². The van der Waals surface area contributed by atoms with Crippen LogP contribution >= 0.6 is 0 Å². The van der Waals surface area contributed by atoms with Crippen molar-refractivity contribution < 1.29 is 28.9 Å². The first-order valence-electron chi connectivity index (χ1n) is 13.1. The Bertz CT molecular complexity index is 1780. The predicted molar refractivity (Wildman–Crippen MR) is 161 cm³/mol. The first-order chi connectivity index (χ1) is 21.0.